The van der Waals surface area contributed by atoms with E-state index in [2.05, 4.69) is 44.4 Å². The third-order valence-electron chi connectivity index (χ3n) is 5.96. The van der Waals surface area contributed by atoms with Gasteiger partial charge in [-0.15, -0.1) is 0 Å². The maximum atomic E-state index is 14.5. The van der Waals surface area contributed by atoms with Crippen molar-refractivity contribution in [1.29, 1.82) is 5.26 Å². The molecule has 0 radical (unpaired) electrons. The number of pyridine rings is 1. The molecule has 0 amide bonds. The Morgan fingerprint density at radius 2 is 1.83 bits per heavy atom. The lowest BCUT2D eigenvalue weighted by atomic mass is 10.0. The molecule has 0 aliphatic carbocycles. The van der Waals surface area contributed by atoms with Crippen LogP contribution in [0.2, 0.25) is 0 Å². The first-order valence-corrected chi connectivity index (χ1v) is 14.6. The highest BCUT2D eigenvalue weighted by Gasteiger charge is 2.09. The van der Waals surface area contributed by atoms with Gasteiger partial charge in [-0.3, -0.25) is 10.1 Å². The molecule has 0 fully saturated rings. The van der Waals surface area contributed by atoms with Crippen molar-refractivity contribution in [3.63, 3.8) is 0 Å². The third kappa shape index (κ3) is 10.2. The van der Waals surface area contributed by atoms with Crippen molar-refractivity contribution < 1.29 is 13.2 Å². The fourth-order valence-corrected chi connectivity index (χ4v) is 4.68. The van der Waals surface area contributed by atoms with Gasteiger partial charge >= 0.3 is 0 Å². The summed E-state index contributed by atoms with van der Waals surface area (Å²) in [7, 11) is 0.397. The minimum Gasteiger partial charge on any atom is -0.384 e. The topological polar surface area (TPSA) is 77.4 Å². The lowest BCUT2D eigenvalue weighted by Gasteiger charge is -2.12. The van der Waals surface area contributed by atoms with E-state index in [9.17, 15) is 13.2 Å². The highest BCUT2D eigenvalue weighted by molar-refractivity contribution is 8.16. The van der Waals surface area contributed by atoms with E-state index < -0.39 is 17.5 Å². The molecule has 41 heavy (non-hydrogen) atoms. The fraction of sp³-hybridized carbons (Fsp3) is 0.188. The maximum absolute atomic E-state index is 14.5. The Morgan fingerprint density at radius 3 is 2.37 bits per heavy atom. The number of aromatic nitrogens is 3. The van der Waals surface area contributed by atoms with Crippen LogP contribution in [0.4, 0.5) is 13.2 Å². The number of H-pyrrole nitrogens is 1. The Labute approximate surface area is 241 Å². The Hall–Kier alpha value is -4.42. The second-order valence-electron chi connectivity index (χ2n) is 9.08. The van der Waals surface area contributed by atoms with Gasteiger partial charge in [-0.1, -0.05) is 43.6 Å². The van der Waals surface area contributed by atoms with Crippen LogP contribution in [-0.4, -0.2) is 26.8 Å². The molecule has 4 aromatic rings. The summed E-state index contributed by atoms with van der Waals surface area (Å²) in [4.78, 5) is 4.26. The quantitative estimate of drug-likeness (QED) is 0.224. The van der Waals surface area contributed by atoms with E-state index in [1.54, 1.807) is 24.5 Å². The number of allylic oxidation sites excluding steroid dienone is 2. The number of halogens is 3. The number of hydrogen-bond acceptors (Lipinski definition) is 4. The van der Waals surface area contributed by atoms with Gasteiger partial charge in [0.05, 0.1) is 11.8 Å². The molecule has 2 N–H and O–H groups in total. The van der Waals surface area contributed by atoms with Gasteiger partial charge in [0.25, 0.3) is 0 Å². The smallest absolute Gasteiger partial charge is 0.159 e. The molecule has 212 valence electrons. The Kier molecular flexibility index (Phi) is 12.1. The van der Waals surface area contributed by atoms with E-state index >= 15 is 0 Å². The number of aromatic amines is 1. The average molecular weight is 576 g/mol. The zero-order chi connectivity index (χ0) is 29.6. The predicted octanol–water partition coefficient (Wildman–Crippen LogP) is 7.46. The number of nitrogens with zero attached hydrogens (tertiary/aromatic N) is 3. The molecule has 5 nitrogen and oxygen atoms in total. The van der Waals surface area contributed by atoms with Crippen molar-refractivity contribution >= 4 is 16.4 Å². The predicted molar refractivity (Wildman–Crippen MR) is 162 cm³/mol. The van der Waals surface area contributed by atoms with Crippen LogP contribution >= 0.6 is 10.5 Å². The van der Waals surface area contributed by atoms with Gasteiger partial charge in [0.1, 0.15) is 11.9 Å². The lowest BCUT2D eigenvalue weighted by Crippen LogP contribution is -2.14. The first-order valence-electron chi connectivity index (χ1n) is 12.9. The van der Waals surface area contributed by atoms with Crippen molar-refractivity contribution in [2.24, 2.45) is 0 Å². The van der Waals surface area contributed by atoms with E-state index in [0.717, 1.165) is 29.8 Å². The second-order valence-corrected chi connectivity index (χ2v) is 10.8. The summed E-state index contributed by atoms with van der Waals surface area (Å²) in [6.45, 7) is 6.60. The van der Waals surface area contributed by atoms with Crippen molar-refractivity contribution in [2.45, 2.75) is 32.7 Å². The summed E-state index contributed by atoms with van der Waals surface area (Å²) < 4.78 is 41.0. The van der Waals surface area contributed by atoms with Crippen LogP contribution in [0.3, 0.4) is 0 Å². The zero-order valence-electron chi connectivity index (χ0n) is 22.8. The van der Waals surface area contributed by atoms with Crippen LogP contribution in [0, 0.1) is 28.8 Å². The summed E-state index contributed by atoms with van der Waals surface area (Å²) in [5.74, 6) is 2.87. The summed E-state index contributed by atoms with van der Waals surface area (Å²) in [5.41, 5.74) is 4.75. The monoisotopic (exact) mass is 575 g/mol. The van der Waals surface area contributed by atoms with Crippen molar-refractivity contribution in [3.8, 4) is 17.2 Å². The van der Waals surface area contributed by atoms with Gasteiger partial charge in [-0.25, -0.2) is 13.2 Å². The Morgan fingerprint density at radius 1 is 1.07 bits per heavy atom. The SMILES string of the molecule is C=C(Cc1ccc(-c2ccc(F)c(F)c2)cc1F)NCc1ccnc(CC)c1.C=S1C=CCC1.N#Cc1cn[nH]c1. The Balaban J connectivity index is 0.000000289. The van der Waals surface area contributed by atoms with Crippen molar-refractivity contribution in [3.05, 3.63) is 131 Å². The van der Waals surface area contributed by atoms with Gasteiger partial charge in [0.15, 0.2) is 11.6 Å². The number of benzene rings is 2. The lowest BCUT2D eigenvalue weighted by molar-refractivity contribution is 0.509. The van der Waals surface area contributed by atoms with Crippen molar-refractivity contribution in [2.75, 3.05) is 5.75 Å². The van der Waals surface area contributed by atoms with Crippen LogP contribution < -0.4 is 5.32 Å². The molecule has 1 aliphatic rings. The maximum Gasteiger partial charge on any atom is 0.159 e. The number of hydrogen-bond donors (Lipinski definition) is 2. The van der Waals surface area contributed by atoms with E-state index in [-0.39, 0.29) is 0 Å². The minimum absolute atomic E-state index is 0.329. The van der Waals surface area contributed by atoms with Crippen LogP contribution in [0.1, 0.15) is 35.7 Å². The molecule has 0 saturated carbocycles. The molecule has 0 saturated heterocycles. The van der Waals surface area contributed by atoms with E-state index in [4.69, 9.17) is 5.26 Å². The summed E-state index contributed by atoms with van der Waals surface area (Å²) >= 11 is 0. The standard InChI is InChI=1S/C23H21F3N2.C5H8S.C4H3N3/c1-3-20-11-16(8-9-27-20)14-28-15(2)10-19-5-4-17(12-22(19)25)18-6-7-21(24)23(26)13-18;1-6-4-2-3-5-6;5-1-4-2-6-7-3-4/h4-9,11-13,28H,2-3,10,14H2,1H3;2,4H,1,3,5H2;2-3H,(H,6,7). The molecule has 2 aromatic carbocycles. The van der Waals surface area contributed by atoms with Gasteiger partial charge in [0.2, 0.25) is 0 Å². The summed E-state index contributed by atoms with van der Waals surface area (Å²) in [6.07, 6.45) is 9.44. The molecule has 5 rings (SSSR count). The highest BCUT2D eigenvalue weighted by Crippen LogP contribution is 2.24. The molecule has 1 aliphatic heterocycles. The molecule has 0 bridgehead atoms. The molecular formula is C32H32F3N5S. The van der Waals surface area contributed by atoms with Gasteiger partial charge in [0, 0.05) is 36.8 Å². The largest absolute Gasteiger partial charge is 0.384 e. The van der Waals surface area contributed by atoms with Gasteiger partial charge < -0.3 is 5.32 Å². The van der Waals surface area contributed by atoms with Crippen LogP contribution in [0.15, 0.2) is 90.9 Å². The van der Waals surface area contributed by atoms with Crippen molar-refractivity contribution in [1.82, 2.24) is 20.5 Å². The molecule has 0 spiro atoms. The first kappa shape index (κ1) is 31.1. The normalized spacial score (nSPS) is 13.3. The van der Waals surface area contributed by atoms with Crippen LogP contribution in [-0.2, 0) is 19.4 Å². The third-order valence-corrected chi connectivity index (χ3v) is 7.30. The highest BCUT2D eigenvalue weighted by atomic mass is 32.2. The molecular weight excluding hydrogens is 543 g/mol. The molecule has 2 aromatic heterocycles. The first-order chi connectivity index (χ1) is 19.8. The van der Waals surface area contributed by atoms with Gasteiger partial charge in [-0.05, 0) is 76.6 Å². The number of aryl methyl sites for hydroxylation is 1. The van der Waals surface area contributed by atoms with Crippen LogP contribution in [0.5, 0.6) is 0 Å². The number of nitriles is 1. The minimum atomic E-state index is -0.957. The second kappa shape index (κ2) is 16.0. The Bertz CT molecular complexity index is 1540. The van der Waals surface area contributed by atoms with E-state index in [0.29, 0.717) is 51.4 Å². The van der Waals surface area contributed by atoms with Crippen LogP contribution in [0.25, 0.3) is 11.1 Å². The molecule has 9 heteroatoms. The average Bonchev–Trinajstić information content (AvgIpc) is 3.69. The number of nitrogens with one attached hydrogen (secondary N) is 2. The summed E-state index contributed by atoms with van der Waals surface area (Å²) in [6, 6.07) is 14.0. The van der Waals surface area contributed by atoms with E-state index in [1.165, 1.54) is 30.5 Å². The van der Waals surface area contributed by atoms with E-state index in [1.807, 2.05) is 25.1 Å². The summed E-state index contributed by atoms with van der Waals surface area (Å²) in [5, 5.41) is 19.6. The fourth-order valence-electron chi connectivity index (χ4n) is 3.70. The molecule has 1 atom stereocenters. The number of rotatable bonds is 7. The molecule has 1 unspecified atom stereocenters. The van der Waals surface area contributed by atoms with Gasteiger partial charge in [-0.2, -0.15) is 20.8 Å². The molecule has 3 heterocycles. The zero-order valence-corrected chi connectivity index (χ0v) is 23.7.